The second-order valence-corrected chi connectivity index (χ2v) is 6.12. The molecule has 1 N–H and O–H groups in total. The summed E-state index contributed by atoms with van der Waals surface area (Å²) in [5.74, 6) is 1.05. The number of rotatable bonds is 5. The third-order valence-corrected chi connectivity index (χ3v) is 4.75. The lowest BCUT2D eigenvalue weighted by molar-refractivity contribution is 0.448. The summed E-state index contributed by atoms with van der Waals surface area (Å²) in [5, 5.41) is 3.75. The summed E-state index contributed by atoms with van der Waals surface area (Å²) in [6.07, 6.45) is 11.2. The van der Waals surface area contributed by atoms with Crippen molar-refractivity contribution in [2.45, 2.75) is 57.4 Å². The average Bonchev–Trinajstić information content (AvgIpc) is 3.03. The average molecular weight is 243 g/mol. The molecule has 1 nitrogen and oxygen atoms in total. The van der Waals surface area contributed by atoms with Crippen LogP contribution in [0.4, 0.5) is 0 Å². The Balaban J connectivity index is 1.35. The molecule has 18 heavy (non-hydrogen) atoms. The molecule has 0 amide bonds. The molecule has 98 valence electrons. The second-order valence-electron chi connectivity index (χ2n) is 6.12. The zero-order valence-electron chi connectivity index (χ0n) is 11.3. The van der Waals surface area contributed by atoms with Gasteiger partial charge in [0.25, 0.3) is 0 Å². The van der Waals surface area contributed by atoms with Gasteiger partial charge in [-0.2, -0.15) is 0 Å². The van der Waals surface area contributed by atoms with Gasteiger partial charge in [0, 0.05) is 6.04 Å². The molecule has 0 aromatic heterocycles. The Morgan fingerprint density at radius 3 is 2.33 bits per heavy atom. The van der Waals surface area contributed by atoms with E-state index in [1.165, 1.54) is 57.9 Å². The van der Waals surface area contributed by atoms with Crippen LogP contribution >= 0.6 is 0 Å². The van der Waals surface area contributed by atoms with Crippen LogP contribution in [0.15, 0.2) is 24.3 Å². The van der Waals surface area contributed by atoms with E-state index in [9.17, 15) is 0 Å². The summed E-state index contributed by atoms with van der Waals surface area (Å²) in [6, 6.07) is 9.61. The minimum absolute atomic E-state index is 0.700. The fraction of sp³-hybridized carbons (Fsp3) is 0.647. The van der Waals surface area contributed by atoms with Crippen molar-refractivity contribution in [3.05, 3.63) is 35.4 Å². The van der Waals surface area contributed by atoms with E-state index in [2.05, 4.69) is 29.6 Å². The quantitative estimate of drug-likeness (QED) is 0.777. The van der Waals surface area contributed by atoms with Crippen molar-refractivity contribution in [3.8, 4) is 0 Å². The first-order chi connectivity index (χ1) is 8.92. The first-order valence-electron chi connectivity index (χ1n) is 7.72. The maximum Gasteiger partial charge on any atom is 0.0148 e. The second kappa shape index (κ2) is 5.88. The highest BCUT2D eigenvalue weighted by molar-refractivity contribution is 5.33. The van der Waals surface area contributed by atoms with E-state index >= 15 is 0 Å². The maximum atomic E-state index is 3.75. The van der Waals surface area contributed by atoms with Crippen LogP contribution in [0.25, 0.3) is 0 Å². The molecule has 0 saturated heterocycles. The Hall–Kier alpha value is -0.820. The fourth-order valence-electron chi connectivity index (χ4n) is 3.70. The molecule has 1 saturated carbocycles. The highest BCUT2D eigenvalue weighted by Crippen LogP contribution is 2.28. The Bertz CT molecular complexity index is 354. The normalized spacial score (nSPS) is 20.4. The molecule has 0 aliphatic heterocycles. The van der Waals surface area contributed by atoms with Crippen molar-refractivity contribution >= 4 is 0 Å². The van der Waals surface area contributed by atoms with Crippen LogP contribution in [0.2, 0.25) is 0 Å². The van der Waals surface area contributed by atoms with Gasteiger partial charge in [0.2, 0.25) is 0 Å². The molecule has 1 heteroatoms. The van der Waals surface area contributed by atoms with E-state index in [-0.39, 0.29) is 0 Å². The first kappa shape index (κ1) is 12.2. The van der Waals surface area contributed by atoms with Gasteiger partial charge in [-0.05, 0) is 49.3 Å². The smallest absolute Gasteiger partial charge is 0.0148 e. The molecule has 0 atom stereocenters. The van der Waals surface area contributed by atoms with Crippen molar-refractivity contribution in [2.24, 2.45) is 5.92 Å². The monoisotopic (exact) mass is 243 g/mol. The summed E-state index contributed by atoms with van der Waals surface area (Å²) < 4.78 is 0. The van der Waals surface area contributed by atoms with Crippen LogP contribution in [-0.2, 0) is 12.8 Å². The Morgan fingerprint density at radius 1 is 1.00 bits per heavy atom. The lowest BCUT2D eigenvalue weighted by Crippen LogP contribution is -2.30. The van der Waals surface area contributed by atoms with E-state index in [4.69, 9.17) is 0 Å². The molecular weight excluding hydrogens is 218 g/mol. The molecular formula is C17H25N. The van der Waals surface area contributed by atoms with Gasteiger partial charge < -0.3 is 5.32 Å². The Kier molecular flexibility index (Phi) is 3.99. The molecule has 1 aromatic carbocycles. The van der Waals surface area contributed by atoms with Crippen molar-refractivity contribution < 1.29 is 0 Å². The number of nitrogens with one attached hydrogen (secondary N) is 1. The zero-order valence-corrected chi connectivity index (χ0v) is 11.3. The van der Waals surface area contributed by atoms with Gasteiger partial charge >= 0.3 is 0 Å². The van der Waals surface area contributed by atoms with Crippen LogP contribution < -0.4 is 5.32 Å². The van der Waals surface area contributed by atoms with E-state index in [1.807, 2.05) is 0 Å². The summed E-state index contributed by atoms with van der Waals surface area (Å²) in [7, 11) is 0. The minimum Gasteiger partial charge on any atom is -0.313 e. The number of hydrogen-bond donors (Lipinski definition) is 1. The lowest BCUT2D eigenvalue weighted by atomic mass is 10.0. The van der Waals surface area contributed by atoms with Gasteiger partial charge in [-0.1, -0.05) is 49.9 Å². The van der Waals surface area contributed by atoms with Gasteiger partial charge in [0.15, 0.2) is 0 Å². The van der Waals surface area contributed by atoms with Gasteiger partial charge in [-0.25, -0.2) is 0 Å². The van der Waals surface area contributed by atoms with Crippen LogP contribution in [0, 0.1) is 5.92 Å². The zero-order chi connectivity index (χ0) is 12.2. The van der Waals surface area contributed by atoms with Crippen molar-refractivity contribution in [1.82, 2.24) is 5.32 Å². The largest absolute Gasteiger partial charge is 0.313 e. The van der Waals surface area contributed by atoms with Gasteiger partial charge in [0.05, 0.1) is 0 Å². The lowest BCUT2D eigenvalue weighted by Gasteiger charge is -2.13. The van der Waals surface area contributed by atoms with Crippen molar-refractivity contribution in [1.29, 1.82) is 0 Å². The van der Waals surface area contributed by atoms with Crippen molar-refractivity contribution in [3.63, 3.8) is 0 Å². The maximum absolute atomic E-state index is 3.75. The van der Waals surface area contributed by atoms with E-state index in [0.29, 0.717) is 6.04 Å². The van der Waals surface area contributed by atoms with Crippen LogP contribution in [0.1, 0.15) is 49.7 Å². The molecule has 2 aliphatic carbocycles. The summed E-state index contributed by atoms with van der Waals surface area (Å²) in [4.78, 5) is 0. The molecule has 0 unspecified atom stereocenters. The molecule has 2 aliphatic rings. The van der Waals surface area contributed by atoms with Crippen LogP contribution in [0.3, 0.4) is 0 Å². The summed E-state index contributed by atoms with van der Waals surface area (Å²) >= 11 is 0. The molecule has 1 fully saturated rings. The third kappa shape index (κ3) is 2.95. The Morgan fingerprint density at radius 2 is 1.67 bits per heavy atom. The fourth-order valence-corrected chi connectivity index (χ4v) is 3.70. The predicted octanol–water partition coefficient (Wildman–Crippen LogP) is 3.71. The van der Waals surface area contributed by atoms with Crippen LogP contribution in [0.5, 0.6) is 0 Å². The van der Waals surface area contributed by atoms with E-state index in [0.717, 1.165) is 5.92 Å². The van der Waals surface area contributed by atoms with Gasteiger partial charge in [-0.3, -0.25) is 0 Å². The highest BCUT2D eigenvalue weighted by Gasteiger charge is 2.20. The predicted molar refractivity (Wildman–Crippen MR) is 76.8 cm³/mol. The molecule has 1 aromatic rings. The topological polar surface area (TPSA) is 12.0 Å². The van der Waals surface area contributed by atoms with Crippen LogP contribution in [-0.4, -0.2) is 12.6 Å². The van der Waals surface area contributed by atoms with E-state index in [1.54, 1.807) is 11.1 Å². The molecule has 0 heterocycles. The van der Waals surface area contributed by atoms with Crippen molar-refractivity contribution in [2.75, 3.05) is 6.54 Å². The van der Waals surface area contributed by atoms with E-state index < -0.39 is 0 Å². The summed E-state index contributed by atoms with van der Waals surface area (Å²) in [5.41, 5.74) is 3.12. The molecule has 0 spiro atoms. The number of fused-ring (bicyclic) bond motifs is 1. The number of hydrogen-bond acceptors (Lipinski definition) is 1. The molecule has 0 bridgehead atoms. The Labute approximate surface area is 111 Å². The molecule has 3 rings (SSSR count). The first-order valence-corrected chi connectivity index (χ1v) is 7.72. The third-order valence-electron chi connectivity index (χ3n) is 4.75. The standard InChI is InChI=1S/C17H25N/c1-2-7-14(6-1)8-5-11-18-17-12-15-9-3-4-10-16(15)13-17/h3-4,9-10,14,17-18H,1-2,5-8,11-13H2. The van der Waals surface area contributed by atoms with Gasteiger partial charge in [-0.15, -0.1) is 0 Å². The highest BCUT2D eigenvalue weighted by atomic mass is 14.9. The van der Waals surface area contributed by atoms with Gasteiger partial charge in [0.1, 0.15) is 0 Å². The summed E-state index contributed by atoms with van der Waals surface area (Å²) in [6.45, 7) is 1.22. The minimum atomic E-state index is 0.700. The SMILES string of the molecule is c1ccc2c(c1)CC(NCCCC1CCCC1)C2. The number of benzene rings is 1. The molecule has 0 radical (unpaired) electrons.